The zero-order chi connectivity index (χ0) is 16.8. The third-order valence-corrected chi connectivity index (χ3v) is 4.23. The quantitative estimate of drug-likeness (QED) is 0.660. The highest BCUT2D eigenvalue weighted by molar-refractivity contribution is 5.94. The van der Waals surface area contributed by atoms with Gasteiger partial charge < -0.3 is 15.2 Å². The Morgan fingerprint density at radius 3 is 2.48 bits per heavy atom. The van der Waals surface area contributed by atoms with Crippen LogP contribution in [0.5, 0.6) is 5.75 Å². The highest BCUT2D eigenvalue weighted by Crippen LogP contribution is 2.20. The summed E-state index contributed by atoms with van der Waals surface area (Å²) >= 11 is 0. The van der Waals surface area contributed by atoms with Crippen molar-refractivity contribution < 1.29 is 19.4 Å². The Kier molecular flexibility index (Phi) is 6.02. The molecule has 0 bridgehead atoms. The van der Waals surface area contributed by atoms with Gasteiger partial charge in [-0.25, -0.2) is 4.79 Å². The van der Waals surface area contributed by atoms with E-state index in [1.54, 1.807) is 13.0 Å². The second kappa shape index (κ2) is 7.99. The topological polar surface area (TPSA) is 75.6 Å². The van der Waals surface area contributed by atoms with Crippen LogP contribution in [-0.2, 0) is 9.53 Å². The molecule has 1 aromatic carbocycles. The standard InChI is InChI=1S/C18H25NO4/c1-12-9-10-15(16(20)11-12)18(22)23-13(2)17(21)19-14-7-5-3-4-6-8-14/h9-11,13-14,20H,3-8H2,1-2H3,(H,19,21)/t13-/m0/s1. The monoisotopic (exact) mass is 319 g/mol. The Bertz CT molecular complexity index is 562. The van der Waals surface area contributed by atoms with E-state index in [0.717, 1.165) is 31.2 Å². The molecule has 5 heteroatoms. The minimum Gasteiger partial charge on any atom is -0.507 e. The van der Waals surface area contributed by atoms with Crippen LogP contribution in [0.25, 0.3) is 0 Å². The lowest BCUT2D eigenvalue weighted by atomic mass is 10.1. The highest BCUT2D eigenvalue weighted by atomic mass is 16.5. The normalized spacial score (nSPS) is 17.1. The summed E-state index contributed by atoms with van der Waals surface area (Å²) in [5.41, 5.74) is 0.919. The number of carbonyl (C=O) groups excluding carboxylic acids is 2. The van der Waals surface area contributed by atoms with Gasteiger partial charge >= 0.3 is 5.97 Å². The molecule has 0 unspecified atom stereocenters. The smallest absolute Gasteiger partial charge is 0.342 e. The van der Waals surface area contributed by atoms with Crippen LogP contribution < -0.4 is 5.32 Å². The molecular formula is C18H25NO4. The maximum Gasteiger partial charge on any atom is 0.342 e. The van der Waals surface area contributed by atoms with Crippen molar-refractivity contribution in [2.75, 3.05) is 0 Å². The van der Waals surface area contributed by atoms with Gasteiger partial charge in [-0.15, -0.1) is 0 Å². The summed E-state index contributed by atoms with van der Waals surface area (Å²) in [5, 5.41) is 12.8. The zero-order valence-corrected chi connectivity index (χ0v) is 13.8. The molecule has 1 amide bonds. The van der Waals surface area contributed by atoms with Crippen LogP contribution in [0.15, 0.2) is 18.2 Å². The first-order valence-electron chi connectivity index (χ1n) is 8.28. The van der Waals surface area contributed by atoms with Crippen molar-refractivity contribution in [3.63, 3.8) is 0 Å². The number of ether oxygens (including phenoxy) is 1. The van der Waals surface area contributed by atoms with Crippen molar-refractivity contribution in [2.45, 2.75) is 64.5 Å². The molecule has 0 heterocycles. The van der Waals surface area contributed by atoms with E-state index in [4.69, 9.17) is 4.74 Å². The molecule has 1 saturated carbocycles. The van der Waals surface area contributed by atoms with E-state index >= 15 is 0 Å². The lowest BCUT2D eigenvalue weighted by Crippen LogP contribution is -2.41. The lowest BCUT2D eigenvalue weighted by molar-refractivity contribution is -0.129. The van der Waals surface area contributed by atoms with Gasteiger partial charge in [0, 0.05) is 6.04 Å². The molecule has 1 atom stereocenters. The Balaban J connectivity index is 1.90. The van der Waals surface area contributed by atoms with Crippen LogP contribution in [0.3, 0.4) is 0 Å². The third-order valence-electron chi connectivity index (χ3n) is 4.23. The van der Waals surface area contributed by atoms with Crippen molar-refractivity contribution in [2.24, 2.45) is 0 Å². The molecule has 1 aliphatic carbocycles. The average molecular weight is 319 g/mol. The van der Waals surface area contributed by atoms with E-state index in [1.165, 1.54) is 25.0 Å². The number of hydrogen-bond donors (Lipinski definition) is 2. The molecule has 0 spiro atoms. The number of nitrogens with one attached hydrogen (secondary N) is 1. The maximum absolute atomic E-state index is 12.2. The van der Waals surface area contributed by atoms with Gasteiger partial charge in [-0.2, -0.15) is 0 Å². The summed E-state index contributed by atoms with van der Waals surface area (Å²) in [5.74, 6) is -1.10. The predicted molar refractivity (Wildman–Crippen MR) is 87.4 cm³/mol. The first kappa shape index (κ1) is 17.3. The van der Waals surface area contributed by atoms with Crippen molar-refractivity contribution in [3.8, 4) is 5.75 Å². The molecular weight excluding hydrogens is 294 g/mol. The third kappa shape index (κ3) is 4.98. The summed E-state index contributed by atoms with van der Waals surface area (Å²) in [4.78, 5) is 24.3. The summed E-state index contributed by atoms with van der Waals surface area (Å²) < 4.78 is 5.18. The summed E-state index contributed by atoms with van der Waals surface area (Å²) in [6.45, 7) is 3.37. The molecule has 2 rings (SSSR count). The number of benzene rings is 1. The van der Waals surface area contributed by atoms with Crippen LogP contribution >= 0.6 is 0 Å². The van der Waals surface area contributed by atoms with Crippen LogP contribution in [-0.4, -0.2) is 29.1 Å². The maximum atomic E-state index is 12.2. The summed E-state index contributed by atoms with van der Waals surface area (Å²) in [7, 11) is 0. The van der Waals surface area contributed by atoms with Crippen LogP contribution in [0.4, 0.5) is 0 Å². The Labute approximate surface area is 137 Å². The minimum atomic E-state index is -0.883. The van der Waals surface area contributed by atoms with E-state index in [1.807, 2.05) is 6.92 Å². The molecule has 1 aliphatic rings. The van der Waals surface area contributed by atoms with Crippen molar-refractivity contribution in [1.29, 1.82) is 0 Å². The number of phenols is 1. The molecule has 0 saturated heterocycles. The highest BCUT2D eigenvalue weighted by Gasteiger charge is 2.23. The zero-order valence-electron chi connectivity index (χ0n) is 13.8. The Morgan fingerprint density at radius 2 is 1.87 bits per heavy atom. The molecule has 5 nitrogen and oxygen atoms in total. The summed E-state index contributed by atoms with van der Waals surface area (Å²) in [6, 6.07) is 4.88. The van der Waals surface area contributed by atoms with Crippen molar-refractivity contribution in [1.82, 2.24) is 5.32 Å². The van der Waals surface area contributed by atoms with E-state index in [2.05, 4.69) is 5.32 Å². The number of hydrogen-bond acceptors (Lipinski definition) is 4. The van der Waals surface area contributed by atoms with E-state index in [0.29, 0.717) is 0 Å². The van der Waals surface area contributed by atoms with Crippen molar-refractivity contribution >= 4 is 11.9 Å². The first-order chi connectivity index (χ1) is 11.0. The van der Waals surface area contributed by atoms with Gasteiger partial charge in [-0.05, 0) is 44.4 Å². The molecule has 23 heavy (non-hydrogen) atoms. The fourth-order valence-corrected chi connectivity index (χ4v) is 2.83. The fraction of sp³-hybridized carbons (Fsp3) is 0.556. The molecule has 0 aliphatic heterocycles. The molecule has 126 valence electrons. The van der Waals surface area contributed by atoms with Crippen LogP contribution in [0.1, 0.15) is 61.4 Å². The van der Waals surface area contributed by atoms with Gasteiger partial charge in [0.05, 0.1) is 0 Å². The predicted octanol–water partition coefficient (Wildman–Crippen LogP) is 3.08. The van der Waals surface area contributed by atoms with Gasteiger partial charge in [-0.3, -0.25) is 4.79 Å². The largest absolute Gasteiger partial charge is 0.507 e. The number of phenolic OH excluding ortho intramolecular Hbond substituents is 1. The fourth-order valence-electron chi connectivity index (χ4n) is 2.83. The molecule has 1 aromatic rings. The lowest BCUT2D eigenvalue weighted by Gasteiger charge is -2.19. The Hall–Kier alpha value is -2.04. The average Bonchev–Trinajstić information content (AvgIpc) is 2.75. The van der Waals surface area contributed by atoms with Gasteiger partial charge in [0.1, 0.15) is 11.3 Å². The number of aromatic hydroxyl groups is 1. The number of esters is 1. The van der Waals surface area contributed by atoms with Crippen LogP contribution in [0, 0.1) is 6.92 Å². The van der Waals surface area contributed by atoms with Gasteiger partial charge in [0.2, 0.25) is 0 Å². The second-order valence-electron chi connectivity index (χ2n) is 6.27. The molecule has 0 aromatic heterocycles. The molecule has 0 radical (unpaired) electrons. The number of rotatable bonds is 4. The van der Waals surface area contributed by atoms with Gasteiger partial charge in [0.15, 0.2) is 6.10 Å². The minimum absolute atomic E-state index is 0.0738. The van der Waals surface area contributed by atoms with Gasteiger partial charge in [-0.1, -0.05) is 31.7 Å². The van der Waals surface area contributed by atoms with Gasteiger partial charge in [0.25, 0.3) is 5.91 Å². The van der Waals surface area contributed by atoms with Crippen LogP contribution in [0.2, 0.25) is 0 Å². The van der Waals surface area contributed by atoms with Crippen molar-refractivity contribution in [3.05, 3.63) is 29.3 Å². The number of aryl methyl sites for hydroxylation is 1. The first-order valence-corrected chi connectivity index (χ1v) is 8.28. The second-order valence-corrected chi connectivity index (χ2v) is 6.27. The molecule has 1 fully saturated rings. The van der Waals surface area contributed by atoms with E-state index in [9.17, 15) is 14.7 Å². The number of carbonyl (C=O) groups is 2. The van der Waals surface area contributed by atoms with E-state index < -0.39 is 12.1 Å². The Morgan fingerprint density at radius 1 is 1.22 bits per heavy atom. The number of amides is 1. The summed E-state index contributed by atoms with van der Waals surface area (Å²) in [6.07, 6.45) is 5.74. The molecule has 2 N–H and O–H groups in total. The SMILES string of the molecule is Cc1ccc(C(=O)O[C@@H](C)C(=O)NC2CCCCCC2)c(O)c1. The van der Waals surface area contributed by atoms with E-state index in [-0.39, 0.29) is 23.3 Å².